The van der Waals surface area contributed by atoms with Crippen LogP contribution in [0.2, 0.25) is 0 Å². The molecule has 8 heteroatoms. The summed E-state index contributed by atoms with van der Waals surface area (Å²) >= 11 is 1.58. The van der Waals surface area contributed by atoms with Gasteiger partial charge in [-0.3, -0.25) is 10.4 Å². The Morgan fingerprint density at radius 3 is 2.47 bits per heavy atom. The van der Waals surface area contributed by atoms with Crippen LogP contribution in [0.1, 0.15) is 25.1 Å². The Bertz CT molecular complexity index is 1200. The first-order valence-electron chi connectivity index (χ1n) is 9.62. The van der Waals surface area contributed by atoms with Gasteiger partial charge in [-0.15, -0.1) is 11.3 Å². The van der Waals surface area contributed by atoms with Gasteiger partial charge in [0.05, 0.1) is 26.6 Å². The highest BCUT2D eigenvalue weighted by molar-refractivity contribution is 7.91. The molecule has 0 saturated carbocycles. The van der Waals surface area contributed by atoms with Gasteiger partial charge in [0.1, 0.15) is 11.4 Å². The Kier molecular flexibility index (Phi) is 5.29. The van der Waals surface area contributed by atoms with Gasteiger partial charge in [-0.2, -0.15) is 0 Å². The Labute approximate surface area is 181 Å². The molecule has 6 nitrogen and oxygen atoms in total. The summed E-state index contributed by atoms with van der Waals surface area (Å²) in [4.78, 5) is 5.06. The number of hydrogen-bond acceptors (Lipinski definition) is 7. The molecular weight excluding hydrogens is 414 g/mol. The first kappa shape index (κ1) is 20.4. The molecule has 0 spiro atoms. The Hall–Kier alpha value is -2.84. The SMILES string of the molecule is CC(C)NC1=C(c2cscn2)N(C)Nc2cc(-c3ccc(S(C)(=N)=O)cc3)ccc21. The lowest BCUT2D eigenvalue weighted by atomic mass is 9.98. The molecule has 0 saturated heterocycles. The predicted octanol–water partition coefficient (Wildman–Crippen LogP) is 4.94. The lowest BCUT2D eigenvalue weighted by Crippen LogP contribution is -2.34. The molecule has 3 aromatic rings. The van der Waals surface area contributed by atoms with Crippen molar-refractivity contribution in [2.24, 2.45) is 0 Å². The molecule has 0 aliphatic carbocycles. The van der Waals surface area contributed by atoms with Gasteiger partial charge >= 0.3 is 0 Å². The molecule has 0 radical (unpaired) electrons. The second kappa shape index (κ2) is 7.77. The molecule has 30 heavy (non-hydrogen) atoms. The molecule has 1 aliphatic heterocycles. The van der Waals surface area contributed by atoms with Crippen LogP contribution in [-0.4, -0.2) is 33.5 Å². The molecular formula is C22H25N5OS2. The number of hydrogen-bond donors (Lipinski definition) is 3. The van der Waals surface area contributed by atoms with Crippen molar-refractivity contribution >= 4 is 38.1 Å². The van der Waals surface area contributed by atoms with Crippen molar-refractivity contribution in [1.29, 1.82) is 4.78 Å². The first-order chi connectivity index (χ1) is 14.2. The number of aromatic nitrogens is 1. The molecule has 2 aromatic carbocycles. The van der Waals surface area contributed by atoms with E-state index in [2.05, 4.69) is 53.2 Å². The van der Waals surface area contributed by atoms with Gasteiger partial charge in [0.2, 0.25) is 0 Å². The predicted molar refractivity (Wildman–Crippen MR) is 126 cm³/mol. The molecule has 1 aromatic heterocycles. The van der Waals surface area contributed by atoms with Gasteiger partial charge in [-0.1, -0.05) is 24.3 Å². The van der Waals surface area contributed by atoms with Crippen LogP contribution < -0.4 is 10.7 Å². The van der Waals surface area contributed by atoms with E-state index in [0.29, 0.717) is 4.90 Å². The summed E-state index contributed by atoms with van der Waals surface area (Å²) in [6, 6.07) is 14.0. The average molecular weight is 440 g/mol. The van der Waals surface area contributed by atoms with Gasteiger partial charge in [0.25, 0.3) is 0 Å². The Morgan fingerprint density at radius 2 is 1.87 bits per heavy atom. The average Bonchev–Trinajstić information content (AvgIpc) is 3.20. The number of rotatable bonds is 5. The topological polar surface area (TPSA) is 81.1 Å². The van der Waals surface area contributed by atoms with E-state index in [1.165, 1.54) is 6.26 Å². The van der Waals surface area contributed by atoms with E-state index < -0.39 is 9.73 Å². The Morgan fingerprint density at radius 1 is 1.17 bits per heavy atom. The summed E-state index contributed by atoms with van der Waals surface area (Å²) in [7, 11) is -0.715. The zero-order valence-corrected chi connectivity index (χ0v) is 19.0. The van der Waals surface area contributed by atoms with E-state index in [1.54, 1.807) is 23.5 Å². The van der Waals surface area contributed by atoms with Crippen LogP contribution in [0.25, 0.3) is 22.5 Å². The minimum absolute atomic E-state index is 0.272. The van der Waals surface area contributed by atoms with Crippen LogP contribution in [0.15, 0.2) is 58.3 Å². The van der Waals surface area contributed by atoms with Crippen molar-refractivity contribution in [2.45, 2.75) is 24.8 Å². The van der Waals surface area contributed by atoms with Crippen molar-refractivity contribution in [3.05, 3.63) is 64.6 Å². The summed E-state index contributed by atoms with van der Waals surface area (Å²) in [5, 5.41) is 7.65. The van der Waals surface area contributed by atoms with Crippen LogP contribution in [-0.2, 0) is 9.73 Å². The van der Waals surface area contributed by atoms with E-state index in [-0.39, 0.29) is 6.04 Å². The number of anilines is 1. The fourth-order valence-electron chi connectivity index (χ4n) is 3.54. The molecule has 0 fully saturated rings. The van der Waals surface area contributed by atoms with E-state index in [0.717, 1.165) is 39.5 Å². The summed E-state index contributed by atoms with van der Waals surface area (Å²) < 4.78 is 19.7. The number of thiazole rings is 1. The lowest BCUT2D eigenvalue weighted by molar-refractivity contribution is 0.565. The molecule has 1 unspecified atom stereocenters. The van der Waals surface area contributed by atoms with Crippen molar-refractivity contribution in [2.75, 3.05) is 18.7 Å². The highest BCUT2D eigenvalue weighted by atomic mass is 32.2. The third-order valence-electron chi connectivity index (χ3n) is 4.89. The fraction of sp³-hybridized carbons (Fsp3) is 0.227. The summed E-state index contributed by atoms with van der Waals surface area (Å²) in [6.07, 6.45) is 1.44. The minimum atomic E-state index is -2.71. The van der Waals surface area contributed by atoms with Crippen LogP contribution in [0, 0.1) is 4.78 Å². The van der Waals surface area contributed by atoms with Gasteiger partial charge < -0.3 is 5.32 Å². The third-order valence-corrected chi connectivity index (χ3v) is 6.65. The molecule has 4 rings (SSSR count). The van der Waals surface area contributed by atoms with Crippen LogP contribution in [0.5, 0.6) is 0 Å². The smallest absolute Gasteiger partial charge is 0.107 e. The number of fused-ring (bicyclic) bond motifs is 1. The molecule has 1 aliphatic rings. The number of nitrogens with one attached hydrogen (secondary N) is 3. The monoisotopic (exact) mass is 439 g/mol. The second-order valence-corrected chi connectivity index (χ2v) is 10.6. The zero-order valence-electron chi connectivity index (χ0n) is 17.4. The normalized spacial score (nSPS) is 15.6. The van der Waals surface area contributed by atoms with Gasteiger partial charge in [-0.05, 0) is 43.2 Å². The van der Waals surface area contributed by atoms with Crippen LogP contribution >= 0.6 is 11.3 Å². The molecule has 2 heterocycles. The largest absolute Gasteiger partial charge is 0.381 e. The van der Waals surface area contributed by atoms with E-state index in [1.807, 2.05) is 29.7 Å². The zero-order chi connectivity index (χ0) is 21.5. The molecule has 0 amide bonds. The Balaban J connectivity index is 1.79. The van der Waals surface area contributed by atoms with Crippen molar-refractivity contribution in [3.63, 3.8) is 0 Å². The number of nitrogens with zero attached hydrogens (tertiary/aromatic N) is 2. The minimum Gasteiger partial charge on any atom is -0.381 e. The van der Waals surface area contributed by atoms with Gasteiger partial charge in [0, 0.05) is 35.2 Å². The van der Waals surface area contributed by atoms with Crippen LogP contribution in [0.3, 0.4) is 0 Å². The van der Waals surface area contributed by atoms with Crippen LogP contribution in [0.4, 0.5) is 5.69 Å². The standard InChI is InChI=1S/C22H25N5OS2/c1-14(2)25-21-18-10-7-16(15-5-8-17(9-6-15)30(4,23)28)11-19(18)26-27(3)22(21)20-12-29-13-24-20/h5-14,23,25-26H,1-4H3. The summed E-state index contributed by atoms with van der Waals surface area (Å²) in [5.74, 6) is 0. The fourth-order valence-corrected chi connectivity index (χ4v) is 4.73. The maximum Gasteiger partial charge on any atom is 0.107 e. The van der Waals surface area contributed by atoms with E-state index in [9.17, 15) is 4.21 Å². The van der Waals surface area contributed by atoms with Crippen molar-refractivity contribution in [3.8, 4) is 11.1 Å². The first-order valence-corrected chi connectivity index (χ1v) is 12.5. The van der Waals surface area contributed by atoms with Crippen molar-refractivity contribution < 1.29 is 4.21 Å². The highest BCUT2D eigenvalue weighted by Gasteiger charge is 2.25. The molecule has 156 valence electrons. The molecule has 3 N–H and O–H groups in total. The van der Waals surface area contributed by atoms with Crippen molar-refractivity contribution in [1.82, 2.24) is 15.3 Å². The van der Waals surface area contributed by atoms with E-state index in [4.69, 9.17) is 4.78 Å². The summed E-state index contributed by atoms with van der Waals surface area (Å²) in [5.41, 5.74) is 12.5. The summed E-state index contributed by atoms with van der Waals surface area (Å²) in [6.45, 7) is 4.25. The lowest BCUT2D eigenvalue weighted by Gasteiger charge is -2.34. The quantitative estimate of drug-likeness (QED) is 0.524. The van der Waals surface area contributed by atoms with Gasteiger partial charge in [0.15, 0.2) is 0 Å². The molecule has 1 atom stereocenters. The highest BCUT2D eigenvalue weighted by Crippen LogP contribution is 2.38. The second-order valence-electron chi connectivity index (χ2n) is 7.70. The number of benzene rings is 2. The maximum absolute atomic E-state index is 12.0. The van der Waals surface area contributed by atoms with Gasteiger partial charge in [-0.25, -0.2) is 14.0 Å². The number of hydrazine groups is 1. The maximum atomic E-state index is 12.0. The van der Waals surface area contributed by atoms with E-state index >= 15 is 0 Å². The third kappa shape index (κ3) is 3.93. The molecule has 0 bridgehead atoms.